The van der Waals surface area contributed by atoms with Gasteiger partial charge in [-0.25, -0.2) is 4.98 Å². The molecule has 0 N–H and O–H groups in total. The van der Waals surface area contributed by atoms with Crippen LogP contribution in [0.3, 0.4) is 0 Å². The van der Waals surface area contributed by atoms with Gasteiger partial charge in [0.05, 0.1) is 0 Å². The van der Waals surface area contributed by atoms with E-state index < -0.39 is 0 Å². The Balaban J connectivity index is 1.48. The van der Waals surface area contributed by atoms with Gasteiger partial charge in [-0.2, -0.15) is 5.26 Å². The highest BCUT2D eigenvalue weighted by Gasteiger charge is 2.54. The summed E-state index contributed by atoms with van der Waals surface area (Å²) in [6.07, 6.45) is 8.71. The molecule has 22 heavy (non-hydrogen) atoms. The molecule has 0 atom stereocenters. The van der Waals surface area contributed by atoms with Gasteiger partial charge in [0.15, 0.2) is 17.2 Å². The van der Waals surface area contributed by atoms with Crippen LogP contribution in [0.1, 0.15) is 44.2 Å². The number of ether oxygens (including phenoxy) is 1. The Hall–Kier alpha value is -1.89. The van der Waals surface area contributed by atoms with Gasteiger partial charge in [0.25, 0.3) is 0 Å². The van der Waals surface area contributed by atoms with Crippen LogP contribution in [0.5, 0.6) is 5.75 Å². The van der Waals surface area contributed by atoms with Crippen molar-refractivity contribution in [3.05, 3.63) is 24.0 Å². The van der Waals surface area contributed by atoms with Crippen molar-refractivity contribution in [1.29, 1.82) is 5.26 Å². The van der Waals surface area contributed by atoms with Crippen molar-refractivity contribution < 1.29 is 9.53 Å². The molecule has 0 unspecified atom stereocenters. The first kappa shape index (κ1) is 13.8. The fourth-order valence-electron chi connectivity index (χ4n) is 5.34. The molecule has 5 rings (SSSR count). The van der Waals surface area contributed by atoms with Gasteiger partial charge in [-0.1, -0.05) is 0 Å². The zero-order valence-electron chi connectivity index (χ0n) is 12.6. The molecule has 0 saturated heterocycles. The van der Waals surface area contributed by atoms with Crippen molar-refractivity contribution in [2.75, 3.05) is 6.61 Å². The molecular weight excluding hydrogens is 276 g/mol. The van der Waals surface area contributed by atoms with E-state index in [1.54, 1.807) is 18.3 Å². The van der Waals surface area contributed by atoms with Crippen LogP contribution in [-0.4, -0.2) is 17.4 Å². The third-order valence-electron chi connectivity index (χ3n) is 5.87. The Morgan fingerprint density at radius 3 is 2.50 bits per heavy atom. The molecule has 4 heteroatoms. The van der Waals surface area contributed by atoms with E-state index in [1.165, 1.54) is 19.3 Å². The van der Waals surface area contributed by atoms with Crippen molar-refractivity contribution in [3.63, 3.8) is 0 Å². The quantitative estimate of drug-likeness (QED) is 0.856. The predicted molar refractivity (Wildman–Crippen MR) is 80.1 cm³/mol. The molecule has 1 aromatic rings. The zero-order chi connectivity index (χ0) is 15.2. The molecule has 0 spiro atoms. The average molecular weight is 296 g/mol. The molecule has 0 aromatic carbocycles. The summed E-state index contributed by atoms with van der Waals surface area (Å²) in [5, 5.41) is 9.04. The number of Topliss-reactive ketones (excluding diaryl/α,β-unsaturated/α-hetero) is 1. The molecule has 4 aliphatic carbocycles. The predicted octanol–water partition coefficient (Wildman–Crippen LogP) is 3.12. The van der Waals surface area contributed by atoms with E-state index in [-0.39, 0.29) is 23.5 Å². The number of carbonyl (C=O) groups is 1. The van der Waals surface area contributed by atoms with Gasteiger partial charge in [0, 0.05) is 11.6 Å². The standard InChI is InChI=1S/C18H20N2O2/c19-10-15-16(2-1-3-20-15)22-11-17(21)18-7-12-4-13(8-18)6-14(5-12)9-18/h1-3,12-14H,4-9,11H2. The van der Waals surface area contributed by atoms with Gasteiger partial charge >= 0.3 is 0 Å². The summed E-state index contributed by atoms with van der Waals surface area (Å²) in [6, 6.07) is 5.44. The molecule has 4 fully saturated rings. The Morgan fingerprint density at radius 2 is 1.91 bits per heavy atom. The molecule has 4 aliphatic rings. The maximum Gasteiger partial charge on any atom is 0.182 e. The van der Waals surface area contributed by atoms with E-state index in [4.69, 9.17) is 10.00 Å². The largest absolute Gasteiger partial charge is 0.483 e. The molecule has 4 nitrogen and oxygen atoms in total. The van der Waals surface area contributed by atoms with E-state index in [0.717, 1.165) is 37.0 Å². The Morgan fingerprint density at radius 1 is 1.27 bits per heavy atom. The number of hydrogen-bond donors (Lipinski definition) is 0. The highest BCUT2D eigenvalue weighted by atomic mass is 16.5. The fourth-order valence-corrected chi connectivity index (χ4v) is 5.34. The van der Waals surface area contributed by atoms with Crippen LogP contribution in [0.15, 0.2) is 18.3 Å². The van der Waals surface area contributed by atoms with Crippen molar-refractivity contribution in [3.8, 4) is 11.8 Å². The molecule has 0 radical (unpaired) electrons. The molecule has 1 heterocycles. The first-order chi connectivity index (χ1) is 10.7. The molecule has 114 valence electrons. The summed E-state index contributed by atoms with van der Waals surface area (Å²) in [5.74, 6) is 2.91. The monoisotopic (exact) mass is 296 g/mol. The normalized spacial score (nSPS) is 35.1. The SMILES string of the molecule is N#Cc1ncccc1OCC(=O)C12CC3CC(CC(C3)C1)C2. The zero-order valence-corrected chi connectivity index (χ0v) is 12.6. The van der Waals surface area contributed by atoms with Crippen LogP contribution >= 0.6 is 0 Å². The Labute approximate surface area is 130 Å². The fraction of sp³-hybridized carbons (Fsp3) is 0.611. The van der Waals surface area contributed by atoms with Gasteiger partial charge in [0.2, 0.25) is 0 Å². The number of hydrogen-bond acceptors (Lipinski definition) is 4. The number of rotatable bonds is 4. The lowest BCUT2D eigenvalue weighted by Gasteiger charge is -2.55. The second kappa shape index (κ2) is 5.08. The van der Waals surface area contributed by atoms with Crippen molar-refractivity contribution >= 4 is 5.78 Å². The highest BCUT2D eigenvalue weighted by molar-refractivity contribution is 5.86. The minimum absolute atomic E-state index is 0.0759. The summed E-state index contributed by atoms with van der Waals surface area (Å²) >= 11 is 0. The average Bonchev–Trinajstić information content (AvgIpc) is 2.51. The van der Waals surface area contributed by atoms with Crippen molar-refractivity contribution in [2.45, 2.75) is 38.5 Å². The molecular formula is C18H20N2O2. The lowest BCUT2D eigenvalue weighted by molar-refractivity contribution is -0.146. The molecule has 4 saturated carbocycles. The van der Waals surface area contributed by atoms with Crippen molar-refractivity contribution in [2.24, 2.45) is 23.2 Å². The van der Waals surface area contributed by atoms with E-state index in [2.05, 4.69) is 4.98 Å². The number of aromatic nitrogens is 1. The second-order valence-electron chi connectivity index (χ2n) is 7.37. The third kappa shape index (κ3) is 2.20. The van der Waals surface area contributed by atoms with Crippen molar-refractivity contribution in [1.82, 2.24) is 4.98 Å². The van der Waals surface area contributed by atoms with Crippen LogP contribution < -0.4 is 4.74 Å². The van der Waals surface area contributed by atoms with Crippen LogP contribution in [0, 0.1) is 34.5 Å². The smallest absolute Gasteiger partial charge is 0.182 e. The van der Waals surface area contributed by atoms with Gasteiger partial charge < -0.3 is 4.74 Å². The topological polar surface area (TPSA) is 63.0 Å². The van der Waals surface area contributed by atoms with Crippen LogP contribution in [-0.2, 0) is 4.79 Å². The number of nitrogens with zero attached hydrogens (tertiary/aromatic N) is 2. The number of nitriles is 1. The summed E-state index contributed by atoms with van der Waals surface area (Å²) in [7, 11) is 0. The maximum absolute atomic E-state index is 12.8. The molecule has 4 bridgehead atoms. The first-order valence-electron chi connectivity index (χ1n) is 8.20. The van der Waals surface area contributed by atoms with E-state index >= 15 is 0 Å². The minimum atomic E-state index is -0.135. The lowest BCUT2D eigenvalue weighted by atomic mass is 9.48. The summed E-state index contributed by atoms with van der Waals surface area (Å²) in [4.78, 5) is 16.8. The maximum atomic E-state index is 12.8. The minimum Gasteiger partial charge on any atom is -0.483 e. The van der Waals surface area contributed by atoms with Gasteiger partial charge in [-0.15, -0.1) is 0 Å². The van der Waals surface area contributed by atoms with E-state index in [0.29, 0.717) is 5.75 Å². The highest BCUT2D eigenvalue weighted by Crippen LogP contribution is 2.60. The second-order valence-corrected chi connectivity index (χ2v) is 7.37. The van der Waals surface area contributed by atoms with Crippen LogP contribution in [0.4, 0.5) is 0 Å². The molecule has 1 aromatic heterocycles. The summed E-state index contributed by atoms with van der Waals surface area (Å²) < 4.78 is 5.64. The van der Waals surface area contributed by atoms with E-state index in [9.17, 15) is 4.79 Å². The van der Waals surface area contributed by atoms with Gasteiger partial charge in [-0.3, -0.25) is 4.79 Å². The Kier molecular flexibility index (Phi) is 3.18. The third-order valence-corrected chi connectivity index (χ3v) is 5.87. The summed E-state index contributed by atoms with van der Waals surface area (Å²) in [5.41, 5.74) is 0.116. The van der Waals surface area contributed by atoms with Gasteiger partial charge in [0.1, 0.15) is 12.7 Å². The first-order valence-corrected chi connectivity index (χ1v) is 8.20. The Bertz CT molecular complexity index is 611. The lowest BCUT2D eigenvalue weighted by Crippen LogP contribution is -2.51. The summed E-state index contributed by atoms with van der Waals surface area (Å²) in [6.45, 7) is 0.0759. The molecule has 0 amide bonds. The van der Waals surface area contributed by atoms with Crippen LogP contribution in [0.2, 0.25) is 0 Å². The van der Waals surface area contributed by atoms with Gasteiger partial charge in [-0.05, 0) is 68.4 Å². The number of ketones is 1. The van der Waals surface area contributed by atoms with Crippen LogP contribution in [0.25, 0.3) is 0 Å². The molecule has 0 aliphatic heterocycles. The number of pyridine rings is 1. The van der Waals surface area contributed by atoms with E-state index in [1.807, 2.05) is 6.07 Å². The number of carbonyl (C=O) groups excluding carboxylic acids is 1.